The lowest BCUT2D eigenvalue weighted by Crippen LogP contribution is -2.15. The number of nitrogens with zero attached hydrogens (tertiary/aromatic N) is 3. The van der Waals surface area contributed by atoms with Crippen molar-refractivity contribution >= 4 is 69.8 Å². The molecule has 0 spiro atoms. The van der Waals surface area contributed by atoms with E-state index >= 15 is 0 Å². The van der Waals surface area contributed by atoms with Gasteiger partial charge in [-0.15, -0.1) is 10.2 Å². The fourth-order valence-electron chi connectivity index (χ4n) is 2.45. The number of amides is 1. The van der Waals surface area contributed by atoms with E-state index in [4.69, 9.17) is 46.4 Å². The minimum Gasteiger partial charge on any atom is -0.323 e. The van der Waals surface area contributed by atoms with Crippen molar-refractivity contribution in [2.24, 2.45) is 0 Å². The van der Waals surface area contributed by atoms with Crippen LogP contribution in [0.15, 0.2) is 41.6 Å². The predicted molar refractivity (Wildman–Crippen MR) is 117 cm³/mol. The second-order valence-electron chi connectivity index (χ2n) is 5.61. The molecule has 5 nitrogen and oxygen atoms in total. The first-order valence-corrected chi connectivity index (χ1v) is 10.7. The quantitative estimate of drug-likeness (QED) is 0.424. The second kappa shape index (κ2) is 9.37. The van der Waals surface area contributed by atoms with Crippen molar-refractivity contribution in [1.29, 1.82) is 0 Å². The van der Waals surface area contributed by atoms with Gasteiger partial charge in [0.15, 0.2) is 11.0 Å². The van der Waals surface area contributed by atoms with Gasteiger partial charge in [0.2, 0.25) is 5.91 Å². The molecule has 1 N–H and O–H groups in total. The lowest BCUT2D eigenvalue weighted by Gasteiger charge is -2.10. The minimum absolute atomic E-state index is 0.126. The molecule has 10 heteroatoms. The molecule has 2 aromatic carbocycles. The Bertz CT molecular complexity index is 1000. The Morgan fingerprint density at radius 1 is 1.04 bits per heavy atom. The van der Waals surface area contributed by atoms with Gasteiger partial charge in [-0.1, -0.05) is 64.2 Å². The van der Waals surface area contributed by atoms with Crippen LogP contribution in [0.4, 0.5) is 5.69 Å². The van der Waals surface area contributed by atoms with Crippen LogP contribution in [0, 0.1) is 0 Å². The standard InChI is InChI=1S/C18H14Cl4N4OS/c1-2-26-17(10-6-7-11(19)14(22)8-10)24-25-18(26)28-9-15(27)23-16-12(20)4-3-5-13(16)21/h3-8H,2,9H2,1H3,(H,23,27). The largest absolute Gasteiger partial charge is 0.323 e. The molecule has 0 aliphatic carbocycles. The van der Waals surface area contributed by atoms with Gasteiger partial charge in [0.1, 0.15) is 0 Å². The summed E-state index contributed by atoms with van der Waals surface area (Å²) < 4.78 is 1.90. The number of thioether (sulfide) groups is 1. The highest BCUT2D eigenvalue weighted by Gasteiger charge is 2.16. The summed E-state index contributed by atoms with van der Waals surface area (Å²) in [6.45, 7) is 2.60. The molecule has 0 saturated carbocycles. The third-order valence-corrected chi connectivity index (χ3v) is 6.11. The minimum atomic E-state index is -0.248. The normalized spacial score (nSPS) is 10.9. The summed E-state index contributed by atoms with van der Waals surface area (Å²) in [6, 6.07) is 10.3. The van der Waals surface area contributed by atoms with E-state index in [1.165, 1.54) is 11.8 Å². The molecule has 0 unspecified atom stereocenters. The summed E-state index contributed by atoms with van der Waals surface area (Å²) in [6.07, 6.45) is 0. The molecule has 0 bridgehead atoms. The van der Waals surface area contributed by atoms with Crippen LogP contribution in [0.3, 0.4) is 0 Å². The highest BCUT2D eigenvalue weighted by molar-refractivity contribution is 7.99. The van der Waals surface area contributed by atoms with E-state index < -0.39 is 0 Å². The van der Waals surface area contributed by atoms with Crippen LogP contribution < -0.4 is 5.32 Å². The average Bonchev–Trinajstić information content (AvgIpc) is 3.08. The van der Waals surface area contributed by atoms with Crippen molar-refractivity contribution in [3.8, 4) is 11.4 Å². The molecule has 3 aromatic rings. The Kier molecular flexibility index (Phi) is 7.12. The van der Waals surface area contributed by atoms with Gasteiger partial charge in [-0.2, -0.15) is 0 Å². The average molecular weight is 476 g/mol. The Morgan fingerprint density at radius 2 is 1.75 bits per heavy atom. The lowest BCUT2D eigenvalue weighted by molar-refractivity contribution is -0.113. The first kappa shape index (κ1) is 21.3. The molecule has 146 valence electrons. The van der Waals surface area contributed by atoms with Gasteiger partial charge in [-0.3, -0.25) is 4.79 Å². The van der Waals surface area contributed by atoms with Crippen molar-refractivity contribution in [2.75, 3.05) is 11.1 Å². The molecule has 0 aliphatic heterocycles. The van der Waals surface area contributed by atoms with E-state index in [-0.39, 0.29) is 11.7 Å². The van der Waals surface area contributed by atoms with Gasteiger partial charge in [-0.25, -0.2) is 0 Å². The summed E-state index contributed by atoms with van der Waals surface area (Å²) >= 11 is 25.5. The number of rotatable bonds is 6. The first-order valence-electron chi connectivity index (χ1n) is 8.16. The zero-order valence-electron chi connectivity index (χ0n) is 14.5. The molecule has 1 amide bonds. The second-order valence-corrected chi connectivity index (χ2v) is 8.18. The van der Waals surface area contributed by atoms with Crippen LogP contribution in [0.1, 0.15) is 6.92 Å². The van der Waals surface area contributed by atoms with E-state index in [0.29, 0.717) is 43.3 Å². The van der Waals surface area contributed by atoms with Gasteiger partial charge in [0.05, 0.1) is 31.5 Å². The number of halogens is 4. The third kappa shape index (κ3) is 4.75. The van der Waals surface area contributed by atoms with Crippen LogP contribution in [-0.2, 0) is 11.3 Å². The van der Waals surface area contributed by atoms with Crippen LogP contribution in [-0.4, -0.2) is 26.4 Å². The van der Waals surface area contributed by atoms with E-state index in [9.17, 15) is 4.79 Å². The van der Waals surface area contributed by atoms with Gasteiger partial charge in [0.25, 0.3) is 0 Å². The molecule has 0 aliphatic rings. The van der Waals surface area contributed by atoms with Crippen LogP contribution >= 0.6 is 58.2 Å². The molecule has 0 atom stereocenters. The van der Waals surface area contributed by atoms with Crippen molar-refractivity contribution in [1.82, 2.24) is 14.8 Å². The molecular weight excluding hydrogens is 462 g/mol. The number of carbonyl (C=O) groups excluding carboxylic acids is 1. The highest BCUT2D eigenvalue weighted by Crippen LogP contribution is 2.31. The Balaban J connectivity index is 1.73. The SMILES string of the molecule is CCn1c(SCC(=O)Nc2c(Cl)cccc2Cl)nnc1-c1ccc(Cl)c(Cl)c1. The van der Waals surface area contributed by atoms with Crippen molar-refractivity contribution < 1.29 is 4.79 Å². The number of aromatic nitrogens is 3. The molecule has 28 heavy (non-hydrogen) atoms. The number of benzene rings is 2. The maximum Gasteiger partial charge on any atom is 0.234 e. The Labute approximate surface area is 186 Å². The van der Waals surface area contributed by atoms with Crippen LogP contribution in [0.5, 0.6) is 0 Å². The zero-order chi connectivity index (χ0) is 20.3. The van der Waals surface area contributed by atoms with Crippen molar-refractivity contribution in [3.05, 3.63) is 56.5 Å². The molecule has 3 rings (SSSR count). The first-order chi connectivity index (χ1) is 13.4. The summed E-state index contributed by atoms with van der Waals surface area (Å²) in [5.41, 5.74) is 1.19. The Morgan fingerprint density at radius 3 is 2.39 bits per heavy atom. The monoisotopic (exact) mass is 474 g/mol. The fourth-order valence-corrected chi connectivity index (χ4v) is 4.04. The van der Waals surface area contributed by atoms with E-state index in [0.717, 1.165) is 5.56 Å². The van der Waals surface area contributed by atoms with Gasteiger partial charge in [0, 0.05) is 12.1 Å². The molecule has 0 fully saturated rings. The zero-order valence-corrected chi connectivity index (χ0v) is 18.4. The number of para-hydroxylation sites is 1. The number of hydrogen-bond donors (Lipinski definition) is 1. The molecule has 0 saturated heterocycles. The summed E-state index contributed by atoms with van der Waals surface area (Å²) in [4.78, 5) is 12.3. The van der Waals surface area contributed by atoms with E-state index in [1.54, 1.807) is 30.3 Å². The summed E-state index contributed by atoms with van der Waals surface area (Å²) in [7, 11) is 0. The summed E-state index contributed by atoms with van der Waals surface area (Å²) in [5, 5.41) is 13.4. The number of hydrogen-bond acceptors (Lipinski definition) is 4. The maximum absolute atomic E-state index is 12.3. The van der Waals surface area contributed by atoms with Gasteiger partial charge >= 0.3 is 0 Å². The molecule has 1 heterocycles. The third-order valence-electron chi connectivity index (χ3n) is 3.77. The van der Waals surface area contributed by atoms with Gasteiger partial charge < -0.3 is 9.88 Å². The van der Waals surface area contributed by atoms with Crippen molar-refractivity contribution in [3.63, 3.8) is 0 Å². The lowest BCUT2D eigenvalue weighted by atomic mass is 10.2. The number of carbonyl (C=O) groups is 1. The molecule has 0 radical (unpaired) electrons. The molecule has 1 aromatic heterocycles. The topological polar surface area (TPSA) is 59.8 Å². The molecular formula is C18H14Cl4N4OS. The van der Waals surface area contributed by atoms with Gasteiger partial charge in [-0.05, 0) is 37.3 Å². The highest BCUT2D eigenvalue weighted by atomic mass is 35.5. The maximum atomic E-state index is 12.3. The predicted octanol–water partition coefficient (Wildman–Crippen LogP) is 6.31. The van der Waals surface area contributed by atoms with Crippen LogP contribution in [0.2, 0.25) is 20.1 Å². The van der Waals surface area contributed by atoms with E-state index in [2.05, 4.69) is 15.5 Å². The number of anilines is 1. The van der Waals surface area contributed by atoms with Crippen LogP contribution in [0.25, 0.3) is 11.4 Å². The van der Waals surface area contributed by atoms with E-state index in [1.807, 2.05) is 17.6 Å². The summed E-state index contributed by atoms with van der Waals surface area (Å²) in [5.74, 6) is 0.529. The Hall–Kier alpha value is -1.44. The fraction of sp³-hybridized carbons (Fsp3) is 0.167. The smallest absolute Gasteiger partial charge is 0.234 e. The van der Waals surface area contributed by atoms with Crippen molar-refractivity contribution in [2.45, 2.75) is 18.6 Å². The number of nitrogens with one attached hydrogen (secondary N) is 1.